The molecule has 1 atom stereocenters. The Morgan fingerprint density at radius 2 is 1.95 bits per heavy atom. The maximum atomic E-state index is 11.7. The fourth-order valence-electron chi connectivity index (χ4n) is 1.81. The summed E-state index contributed by atoms with van der Waals surface area (Å²) in [6, 6.07) is 7.98. The van der Waals surface area contributed by atoms with Gasteiger partial charge in [-0.25, -0.2) is 0 Å². The molecule has 0 radical (unpaired) electrons. The summed E-state index contributed by atoms with van der Waals surface area (Å²) in [5.74, 6) is 0.00432. The zero-order chi connectivity index (χ0) is 14.1. The van der Waals surface area contributed by atoms with Gasteiger partial charge < -0.3 is 10.6 Å². The van der Waals surface area contributed by atoms with Gasteiger partial charge in [0.2, 0.25) is 5.91 Å². The van der Waals surface area contributed by atoms with Gasteiger partial charge in [-0.1, -0.05) is 42.1 Å². The summed E-state index contributed by atoms with van der Waals surface area (Å²) in [7, 11) is 0. The van der Waals surface area contributed by atoms with Crippen molar-refractivity contribution in [3.63, 3.8) is 0 Å². The average Bonchev–Trinajstić information content (AvgIpc) is 2.39. The third-order valence-corrected chi connectivity index (χ3v) is 3.51. The monoisotopic (exact) mass is 326 g/mol. The molecule has 0 aliphatic rings. The maximum absolute atomic E-state index is 11.7. The van der Waals surface area contributed by atoms with Crippen molar-refractivity contribution in [2.75, 3.05) is 11.9 Å². The Kier molecular flexibility index (Phi) is 7.75. The number of amides is 1. The zero-order valence-corrected chi connectivity index (χ0v) is 13.3. The lowest BCUT2D eigenvalue weighted by atomic mass is 10.1. The molecule has 19 heavy (non-hydrogen) atoms. The summed E-state index contributed by atoms with van der Waals surface area (Å²) in [5.41, 5.74) is 0.827. The van der Waals surface area contributed by atoms with E-state index in [1.165, 1.54) is 19.3 Å². The van der Waals surface area contributed by atoms with Gasteiger partial charge >= 0.3 is 0 Å². The number of benzene rings is 1. The fraction of sp³-hybridized carbons (Fsp3) is 0.533. The van der Waals surface area contributed by atoms with Crippen LogP contribution in [-0.4, -0.2) is 18.5 Å². The van der Waals surface area contributed by atoms with Gasteiger partial charge in [-0.15, -0.1) is 0 Å². The number of hydrogen-bond acceptors (Lipinski definition) is 2. The fourth-order valence-corrected chi connectivity index (χ4v) is 2.07. The van der Waals surface area contributed by atoms with Gasteiger partial charge in [-0.05, 0) is 37.6 Å². The molecule has 4 heteroatoms. The van der Waals surface area contributed by atoms with Crippen molar-refractivity contribution >= 4 is 27.5 Å². The second kappa shape index (κ2) is 9.10. The van der Waals surface area contributed by atoms with Crippen LogP contribution in [0, 0.1) is 0 Å². The first kappa shape index (κ1) is 16.2. The van der Waals surface area contributed by atoms with E-state index in [1.807, 2.05) is 24.3 Å². The molecule has 0 heterocycles. The minimum Gasteiger partial charge on any atom is -0.325 e. The molecule has 1 unspecified atom stereocenters. The molecule has 1 amide bonds. The van der Waals surface area contributed by atoms with Gasteiger partial charge in [0.1, 0.15) is 0 Å². The summed E-state index contributed by atoms with van der Waals surface area (Å²) in [6.07, 6.45) is 4.84. The maximum Gasteiger partial charge on any atom is 0.238 e. The number of carbonyl (C=O) groups excluding carboxylic acids is 1. The smallest absolute Gasteiger partial charge is 0.238 e. The Morgan fingerprint density at radius 1 is 1.26 bits per heavy atom. The predicted molar refractivity (Wildman–Crippen MR) is 84.4 cm³/mol. The van der Waals surface area contributed by atoms with E-state index in [4.69, 9.17) is 0 Å². The summed E-state index contributed by atoms with van der Waals surface area (Å²) in [5, 5.41) is 6.12. The summed E-state index contributed by atoms with van der Waals surface area (Å²) in [4.78, 5) is 11.7. The van der Waals surface area contributed by atoms with Crippen LogP contribution in [0.15, 0.2) is 28.7 Å². The van der Waals surface area contributed by atoms with Crippen LogP contribution in [0.4, 0.5) is 5.69 Å². The summed E-state index contributed by atoms with van der Waals surface area (Å²) >= 11 is 3.37. The van der Waals surface area contributed by atoms with Crippen molar-refractivity contribution in [1.29, 1.82) is 0 Å². The molecule has 1 aromatic rings. The van der Waals surface area contributed by atoms with E-state index in [2.05, 4.69) is 40.4 Å². The first-order valence-corrected chi connectivity index (χ1v) is 7.70. The Balaban J connectivity index is 2.22. The number of unbranched alkanes of at least 4 members (excludes halogenated alkanes) is 2. The minimum atomic E-state index is 0.00432. The standard InChI is InChI=1S/C15H23BrN2O/c1-3-4-5-6-12(2)17-11-15(19)18-14-9-7-13(16)8-10-14/h7-10,12,17H,3-6,11H2,1-2H3,(H,18,19). The van der Waals surface area contributed by atoms with Crippen LogP contribution in [0.25, 0.3) is 0 Å². The predicted octanol–water partition coefficient (Wildman–Crippen LogP) is 3.95. The normalized spacial score (nSPS) is 12.2. The van der Waals surface area contributed by atoms with Gasteiger partial charge in [0.05, 0.1) is 6.54 Å². The topological polar surface area (TPSA) is 41.1 Å². The van der Waals surface area contributed by atoms with Crippen molar-refractivity contribution in [3.8, 4) is 0 Å². The number of anilines is 1. The molecule has 0 fully saturated rings. The number of halogens is 1. The highest BCUT2D eigenvalue weighted by molar-refractivity contribution is 9.10. The van der Waals surface area contributed by atoms with Crippen LogP contribution < -0.4 is 10.6 Å². The number of nitrogens with one attached hydrogen (secondary N) is 2. The van der Waals surface area contributed by atoms with Crippen LogP contribution in [0.2, 0.25) is 0 Å². The average molecular weight is 327 g/mol. The van der Waals surface area contributed by atoms with Crippen molar-refractivity contribution in [2.45, 2.75) is 45.6 Å². The van der Waals surface area contributed by atoms with Crippen LogP contribution in [0.5, 0.6) is 0 Å². The molecule has 0 bridgehead atoms. The summed E-state index contributed by atoms with van der Waals surface area (Å²) in [6.45, 7) is 4.69. The molecule has 0 aliphatic carbocycles. The van der Waals surface area contributed by atoms with Crippen LogP contribution >= 0.6 is 15.9 Å². The largest absolute Gasteiger partial charge is 0.325 e. The molecular weight excluding hydrogens is 304 g/mol. The Morgan fingerprint density at radius 3 is 2.58 bits per heavy atom. The van der Waals surface area contributed by atoms with Gasteiger partial charge in [-0.2, -0.15) is 0 Å². The van der Waals surface area contributed by atoms with Crippen LogP contribution in [0.1, 0.15) is 39.5 Å². The van der Waals surface area contributed by atoms with Crippen molar-refractivity contribution < 1.29 is 4.79 Å². The third kappa shape index (κ3) is 7.33. The van der Waals surface area contributed by atoms with E-state index >= 15 is 0 Å². The second-order valence-electron chi connectivity index (χ2n) is 4.83. The van der Waals surface area contributed by atoms with Crippen LogP contribution in [0.3, 0.4) is 0 Å². The van der Waals surface area contributed by atoms with Gasteiger partial charge in [-0.3, -0.25) is 4.79 Å². The van der Waals surface area contributed by atoms with Gasteiger partial charge in [0.25, 0.3) is 0 Å². The van der Waals surface area contributed by atoms with E-state index in [-0.39, 0.29) is 5.91 Å². The van der Waals surface area contributed by atoms with Crippen molar-refractivity contribution in [2.24, 2.45) is 0 Å². The SMILES string of the molecule is CCCCCC(C)NCC(=O)Nc1ccc(Br)cc1. The molecule has 106 valence electrons. The number of carbonyl (C=O) groups is 1. The minimum absolute atomic E-state index is 0.00432. The lowest BCUT2D eigenvalue weighted by Crippen LogP contribution is -2.34. The van der Waals surface area contributed by atoms with Gasteiger partial charge in [0, 0.05) is 16.2 Å². The van der Waals surface area contributed by atoms with Crippen LogP contribution in [-0.2, 0) is 4.79 Å². The molecule has 0 spiro atoms. The van der Waals surface area contributed by atoms with Crippen molar-refractivity contribution in [1.82, 2.24) is 5.32 Å². The molecule has 0 saturated heterocycles. The van der Waals surface area contributed by atoms with E-state index in [0.717, 1.165) is 16.6 Å². The molecule has 0 aromatic heterocycles. The van der Waals surface area contributed by atoms with E-state index in [9.17, 15) is 4.79 Å². The highest BCUT2D eigenvalue weighted by atomic mass is 79.9. The first-order valence-electron chi connectivity index (χ1n) is 6.90. The Bertz CT molecular complexity index is 378. The molecule has 0 aliphatic heterocycles. The molecule has 0 saturated carbocycles. The van der Waals surface area contributed by atoms with E-state index in [0.29, 0.717) is 12.6 Å². The number of hydrogen-bond donors (Lipinski definition) is 2. The highest BCUT2D eigenvalue weighted by Gasteiger charge is 2.05. The molecule has 3 nitrogen and oxygen atoms in total. The quantitative estimate of drug-likeness (QED) is 0.710. The lowest BCUT2D eigenvalue weighted by Gasteiger charge is -2.13. The molecule has 1 aromatic carbocycles. The van der Waals surface area contributed by atoms with E-state index < -0.39 is 0 Å². The third-order valence-electron chi connectivity index (χ3n) is 2.98. The molecule has 1 rings (SSSR count). The molecule has 2 N–H and O–H groups in total. The highest BCUT2D eigenvalue weighted by Crippen LogP contribution is 2.13. The van der Waals surface area contributed by atoms with Gasteiger partial charge in [0.15, 0.2) is 0 Å². The van der Waals surface area contributed by atoms with E-state index in [1.54, 1.807) is 0 Å². The lowest BCUT2D eigenvalue weighted by molar-refractivity contribution is -0.115. The summed E-state index contributed by atoms with van der Waals surface area (Å²) < 4.78 is 1.01. The Labute approximate surface area is 124 Å². The Hall–Kier alpha value is -0.870. The number of rotatable bonds is 8. The second-order valence-corrected chi connectivity index (χ2v) is 5.75. The first-order chi connectivity index (χ1) is 9.11. The molecular formula is C15H23BrN2O. The zero-order valence-electron chi connectivity index (χ0n) is 11.7. The van der Waals surface area contributed by atoms with Crippen molar-refractivity contribution in [3.05, 3.63) is 28.7 Å².